The van der Waals surface area contributed by atoms with E-state index in [0.717, 1.165) is 48.8 Å². The fourth-order valence-electron chi connectivity index (χ4n) is 3.71. The van der Waals surface area contributed by atoms with Crippen molar-refractivity contribution in [3.8, 4) is 0 Å². The number of rotatable bonds is 4. The molecule has 6 heteroatoms. The maximum absolute atomic E-state index is 13.2. The van der Waals surface area contributed by atoms with Crippen molar-refractivity contribution in [2.24, 2.45) is 0 Å². The molecule has 1 aliphatic carbocycles. The number of carbonyl (C=O) groups excluding carboxylic acids is 1. The highest BCUT2D eigenvalue weighted by Crippen LogP contribution is 2.49. The second kappa shape index (κ2) is 6.34. The van der Waals surface area contributed by atoms with Gasteiger partial charge in [0.05, 0.1) is 22.5 Å². The molecule has 1 amide bonds. The minimum atomic E-state index is -0.555. The Balaban J connectivity index is 1.57. The molecule has 0 atom stereocenters. The van der Waals surface area contributed by atoms with Crippen LogP contribution in [0.4, 0.5) is 16.0 Å². The van der Waals surface area contributed by atoms with Gasteiger partial charge in [-0.3, -0.25) is 4.79 Å². The highest BCUT2D eigenvalue weighted by Gasteiger charge is 2.51. The first-order chi connectivity index (χ1) is 12.5. The summed E-state index contributed by atoms with van der Waals surface area (Å²) in [7, 11) is 0. The zero-order chi connectivity index (χ0) is 18.3. The number of carbonyl (C=O) groups is 1. The van der Waals surface area contributed by atoms with Crippen LogP contribution in [0.15, 0.2) is 24.3 Å². The highest BCUT2D eigenvalue weighted by atomic mass is 19.1. The molecule has 0 unspecified atom stereocenters. The molecule has 136 valence electrons. The largest absolute Gasteiger partial charge is 0.341 e. The first kappa shape index (κ1) is 16.9. The number of benzene rings is 1. The van der Waals surface area contributed by atoms with Crippen molar-refractivity contribution in [1.29, 1.82) is 0 Å². The van der Waals surface area contributed by atoms with E-state index in [1.807, 2.05) is 13.8 Å². The van der Waals surface area contributed by atoms with Crippen LogP contribution >= 0.6 is 0 Å². The van der Waals surface area contributed by atoms with E-state index in [4.69, 9.17) is 0 Å². The fourth-order valence-corrected chi connectivity index (χ4v) is 3.71. The van der Waals surface area contributed by atoms with Crippen LogP contribution in [0, 0.1) is 19.7 Å². The topological polar surface area (TPSA) is 58.1 Å². The number of nitrogens with one attached hydrogen (secondary N) is 1. The lowest BCUT2D eigenvalue weighted by atomic mass is 9.95. The molecule has 1 saturated carbocycles. The molecule has 1 aliphatic heterocycles. The molecule has 1 saturated heterocycles. The van der Waals surface area contributed by atoms with Crippen LogP contribution in [0.2, 0.25) is 0 Å². The van der Waals surface area contributed by atoms with Crippen molar-refractivity contribution < 1.29 is 9.18 Å². The van der Waals surface area contributed by atoms with Gasteiger partial charge in [-0.05, 0) is 57.2 Å². The third-order valence-corrected chi connectivity index (χ3v) is 5.47. The third kappa shape index (κ3) is 2.93. The molecule has 2 heterocycles. The Morgan fingerprint density at radius 1 is 1.08 bits per heavy atom. The molecule has 5 nitrogen and oxygen atoms in total. The lowest BCUT2D eigenvalue weighted by molar-refractivity contribution is -0.118. The third-order valence-electron chi connectivity index (χ3n) is 5.47. The predicted octanol–water partition coefficient (Wildman–Crippen LogP) is 3.50. The van der Waals surface area contributed by atoms with E-state index < -0.39 is 5.41 Å². The van der Waals surface area contributed by atoms with Gasteiger partial charge in [-0.2, -0.15) is 0 Å². The van der Waals surface area contributed by atoms with Crippen LogP contribution in [-0.4, -0.2) is 29.0 Å². The van der Waals surface area contributed by atoms with Gasteiger partial charge < -0.3 is 10.2 Å². The smallest absolute Gasteiger partial charge is 0.235 e. The second-order valence-electron chi connectivity index (χ2n) is 7.31. The Labute approximate surface area is 152 Å². The van der Waals surface area contributed by atoms with Crippen molar-refractivity contribution in [3.63, 3.8) is 0 Å². The average molecular weight is 354 g/mol. The first-order valence-corrected chi connectivity index (χ1v) is 9.17. The van der Waals surface area contributed by atoms with Crippen LogP contribution in [-0.2, 0) is 10.2 Å². The number of amides is 1. The van der Waals surface area contributed by atoms with Gasteiger partial charge in [-0.15, -0.1) is 0 Å². The number of nitrogens with zero attached hydrogens (tertiary/aromatic N) is 3. The molecule has 2 aromatic rings. The summed E-state index contributed by atoms with van der Waals surface area (Å²) in [5.41, 5.74) is 2.55. The molecule has 1 N–H and O–H groups in total. The van der Waals surface area contributed by atoms with Crippen LogP contribution in [0.5, 0.6) is 0 Å². The molecular weight excluding hydrogens is 331 g/mol. The van der Waals surface area contributed by atoms with Gasteiger partial charge >= 0.3 is 0 Å². The van der Waals surface area contributed by atoms with Gasteiger partial charge in [0.1, 0.15) is 5.82 Å². The van der Waals surface area contributed by atoms with E-state index in [-0.39, 0.29) is 11.7 Å². The number of halogens is 1. The summed E-state index contributed by atoms with van der Waals surface area (Å²) in [5, 5.41) is 3.04. The van der Waals surface area contributed by atoms with Crippen LogP contribution < -0.4 is 10.2 Å². The minimum Gasteiger partial charge on any atom is -0.341 e. The van der Waals surface area contributed by atoms with Crippen LogP contribution in [0.3, 0.4) is 0 Å². The lowest BCUT2D eigenvalue weighted by Crippen LogP contribution is -2.29. The minimum absolute atomic E-state index is 0.0622. The Morgan fingerprint density at radius 3 is 2.19 bits per heavy atom. The summed E-state index contributed by atoms with van der Waals surface area (Å²) >= 11 is 0. The Kier molecular flexibility index (Phi) is 4.13. The van der Waals surface area contributed by atoms with E-state index >= 15 is 0 Å². The quantitative estimate of drug-likeness (QED) is 0.913. The zero-order valence-electron chi connectivity index (χ0n) is 15.2. The van der Waals surface area contributed by atoms with Crippen molar-refractivity contribution in [3.05, 3.63) is 47.0 Å². The summed E-state index contributed by atoms with van der Waals surface area (Å²) in [6.45, 7) is 5.78. The monoisotopic (exact) mass is 354 g/mol. The molecular formula is C20H23FN4O. The summed E-state index contributed by atoms with van der Waals surface area (Å²) in [6.07, 6.45) is 3.88. The molecule has 0 radical (unpaired) electrons. The van der Waals surface area contributed by atoms with Crippen molar-refractivity contribution in [1.82, 2.24) is 9.97 Å². The molecule has 26 heavy (non-hydrogen) atoms. The summed E-state index contributed by atoms with van der Waals surface area (Å²) in [4.78, 5) is 24.4. The predicted molar refractivity (Wildman–Crippen MR) is 98.9 cm³/mol. The average Bonchev–Trinajstić information content (AvgIpc) is 3.24. The number of hydrogen-bond donors (Lipinski definition) is 1. The summed E-state index contributed by atoms with van der Waals surface area (Å²) in [5.74, 6) is 0.394. The second-order valence-corrected chi connectivity index (χ2v) is 7.31. The van der Waals surface area contributed by atoms with Crippen molar-refractivity contribution in [2.45, 2.75) is 44.9 Å². The molecule has 1 aromatic heterocycles. The van der Waals surface area contributed by atoms with Gasteiger partial charge in [-0.25, -0.2) is 14.4 Å². The maximum Gasteiger partial charge on any atom is 0.235 e. The number of aromatic nitrogens is 2. The Bertz CT molecular complexity index is 816. The van der Waals surface area contributed by atoms with Crippen LogP contribution in [0.1, 0.15) is 42.6 Å². The summed E-state index contributed by atoms with van der Waals surface area (Å²) in [6, 6.07) is 6.23. The standard InChI is InChI=1S/C20H23FN4O/c1-13-17(14(2)23-19(22-13)25-11-3-4-12-25)24-18(26)20(9-10-20)15-5-7-16(21)8-6-15/h5-8H,3-4,9-12H2,1-2H3,(H,24,26). The van der Waals surface area contributed by atoms with Gasteiger partial charge in [0.25, 0.3) is 0 Å². The molecule has 4 rings (SSSR count). The fraction of sp³-hybridized carbons (Fsp3) is 0.450. The first-order valence-electron chi connectivity index (χ1n) is 9.17. The summed E-state index contributed by atoms with van der Waals surface area (Å²) < 4.78 is 13.2. The SMILES string of the molecule is Cc1nc(N2CCCC2)nc(C)c1NC(=O)C1(c2ccc(F)cc2)CC1. The molecule has 0 bridgehead atoms. The molecule has 1 aromatic carbocycles. The normalized spacial score (nSPS) is 18.0. The van der Waals surface area contributed by atoms with Crippen molar-refractivity contribution >= 4 is 17.5 Å². The van der Waals surface area contributed by atoms with E-state index in [1.165, 1.54) is 25.0 Å². The van der Waals surface area contributed by atoms with Crippen molar-refractivity contribution in [2.75, 3.05) is 23.3 Å². The lowest BCUT2D eigenvalue weighted by Gasteiger charge is -2.20. The van der Waals surface area contributed by atoms with E-state index in [0.29, 0.717) is 5.69 Å². The maximum atomic E-state index is 13.2. The molecule has 2 aliphatic rings. The number of anilines is 2. The van der Waals surface area contributed by atoms with Gasteiger partial charge in [0, 0.05) is 13.1 Å². The van der Waals surface area contributed by atoms with E-state index in [9.17, 15) is 9.18 Å². The molecule has 2 fully saturated rings. The van der Waals surface area contributed by atoms with E-state index in [2.05, 4.69) is 20.2 Å². The Hall–Kier alpha value is -2.50. The number of hydrogen-bond acceptors (Lipinski definition) is 4. The van der Waals surface area contributed by atoms with E-state index in [1.54, 1.807) is 12.1 Å². The zero-order valence-corrected chi connectivity index (χ0v) is 15.2. The molecule has 0 spiro atoms. The van der Waals surface area contributed by atoms with Crippen LogP contribution in [0.25, 0.3) is 0 Å². The Morgan fingerprint density at radius 2 is 1.65 bits per heavy atom. The van der Waals surface area contributed by atoms with Gasteiger partial charge in [0.15, 0.2) is 0 Å². The van der Waals surface area contributed by atoms with Gasteiger partial charge in [0.2, 0.25) is 11.9 Å². The van der Waals surface area contributed by atoms with Gasteiger partial charge in [-0.1, -0.05) is 12.1 Å². The highest BCUT2D eigenvalue weighted by molar-refractivity contribution is 6.02. The number of aryl methyl sites for hydroxylation is 2.